The molecule has 1 aromatic carbocycles. The van der Waals surface area contributed by atoms with Gasteiger partial charge in [0.25, 0.3) is 0 Å². The summed E-state index contributed by atoms with van der Waals surface area (Å²) in [6.45, 7) is 14.2. The van der Waals surface area contributed by atoms with Gasteiger partial charge in [0.2, 0.25) is 0 Å². The van der Waals surface area contributed by atoms with E-state index in [1.165, 1.54) is 0 Å². The van der Waals surface area contributed by atoms with Gasteiger partial charge in [-0.25, -0.2) is 9.59 Å². The van der Waals surface area contributed by atoms with Gasteiger partial charge in [0.05, 0.1) is 35.5 Å². The summed E-state index contributed by atoms with van der Waals surface area (Å²) < 4.78 is 12.4. The van der Waals surface area contributed by atoms with Gasteiger partial charge in [-0.05, 0) is 226 Å². The van der Waals surface area contributed by atoms with Crippen LogP contribution in [0.25, 0.3) is 0 Å². The van der Waals surface area contributed by atoms with Crippen LogP contribution in [0.1, 0.15) is 178 Å². The lowest BCUT2D eigenvalue weighted by atomic mass is 9.43. The number of hydrogen-bond acceptors (Lipinski definition) is 10. The van der Waals surface area contributed by atoms with Gasteiger partial charge in [0, 0.05) is 13.2 Å². The van der Waals surface area contributed by atoms with Crippen LogP contribution < -0.4 is 0 Å². The minimum absolute atomic E-state index is 0.0635. The molecule has 0 bridgehead atoms. The maximum atomic E-state index is 13.8. The number of carbonyl (C=O) groups is 2. The Hall–Kier alpha value is -2.08. The number of benzene rings is 1. The maximum absolute atomic E-state index is 13.8. The van der Waals surface area contributed by atoms with Gasteiger partial charge in [-0.15, -0.1) is 0 Å². The molecule has 8 fully saturated rings. The molecule has 0 radical (unpaired) electrons. The van der Waals surface area contributed by atoms with Crippen molar-refractivity contribution in [2.24, 2.45) is 92.7 Å². The molecule has 0 amide bonds. The SMILES string of the molecule is C[C@H](CCCO)[C@H]1CC[C@H]2[C@@H]3[C@H](O)C[C@H]4C[C@H](OC(=O)c5cccc(C(=O)O[C@@H]6CC[C@@]7(C)[C@H](C6)C[C@@H](O)[C@@H]6[C@@H]7C[C@H](O)[C@]7(C)[C@@H]([C@H](C)CCCO)CC[C@@H]67)c5)CC[C@]4(C)[C@H]3C[C@H](O)[C@]12C. The zero-order valence-electron chi connectivity index (χ0n) is 41.2. The molecular formula is C56H86O10. The fraction of sp³-hybridized carbons (Fsp3) is 0.857. The molecule has 8 aliphatic carbocycles. The Kier molecular flexibility index (Phi) is 13.8. The van der Waals surface area contributed by atoms with E-state index in [1.54, 1.807) is 24.3 Å². The third-order valence-corrected chi connectivity index (χ3v) is 22.5. The highest BCUT2D eigenvalue weighted by molar-refractivity contribution is 5.95. The summed E-state index contributed by atoms with van der Waals surface area (Å²) in [6, 6.07) is 6.69. The van der Waals surface area contributed by atoms with Crippen molar-refractivity contribution in [3.63, 3.8) is 0 Å². The van der Waals surface area contributed by atoms with Crippen LogP contribution in [-0.4, -0.2) is 92.4 Å². The number of aliphatic hydroxyl groups excluding tert-OH is 6. The van der Waals surface area contributed by atoms with E-state index >= 15 is 0 Å². The fourth-order valence-corrected chi connectivity index (χ4v) is 18.9. The summed E-state index contributed by atoms with van der Waals surface area (Å²) in [5, 5.41) is 66.9. The molecule has 370 valence electrons. The summed E-state index contributed by atoms with van der Waals surface area (Å²) in [5.41, 5.74) is 0.0336. The Balaban J connectivity index is 0.802. The average Bonchev–Trinajstić information content (AvgIpc) is 3.84. The monoisotopic (exact) mass is 919 g/mol. The van der Waals surface area contributed by atoms with Crippen LogP contribution in [-0.2, 0) is 9.47 Å². The second-order valence-electron chi connectivity index (χ2n) is 25.1. The van der Waals surface area contributed by atoms with E-state index in [9.17, 15) is 40.2 Å². The Morgan fingerprint density at radius 2 is 1.00 bits per heavy atom. The summed E-state index contributed by atoms with van der Waals surface area (Å²) in [4.78, 5) is 27.6. The predicted molar refractivity (Wildman–Crippen MR) is 252 cm³/mol. The molecule has 0 aromatic heterocycles. The molecule has 0 aliphatic heterocycles. The van der Waals surface area contributed by atoms with E-state index < -0.39 is 36.4 Å². The second-order valence-corrected chi connectivity index (χ2v) is 25.1. The van der Waals surface area contributed by atoms with Crippen LogP contribution >= 0.6 is 0 Å². The standard InChI is InChI=1S/C56H86O10/c1-31(10-8-22-57)39-14-16-41-49-43(29-47(61)55(39,41)5)53(3)20-18-37(25-35(53)27-45(49)59)65-51(63)33-12-7-13-34(24-33)52(64)66-38-19-21-54(4)36(26-38)28-46(60)50-42-17-15-40(32(2)11-9-23-58)56(42,6)48(62)30-44(50)54/h7,12-13,24,31-32,35-50,57-62H,8-11,14-23,25-30H2,1-6H3/t31-,32-,35-,36-,37-,38-,39-,40-,41+,42+,43+,44+,45-,46-,47+,48+,49+,50+,53+,54+,55-,56-/m1/s1. The minimum Gasteiger partial charge on any atom is -0.459 e. The molecule has 0 saturated heterocycles. The maximum Gasteiger partial charge on any atom is 0.338 e. The van der Waals surface area contributed by atoms with Crippen LogP contribution in [0.5, 0.6) is 0 Å². The molecule has 0 spiro atoms. The van der Waals surface area contributed by atoms with Gasteiger partial charge in [-0.3, -0.25) is 0 Å². The number of ether oxygens (including phenoxy) is 2. The summed E-state index contributed by atoms with van der Waals surface area (Å²) in [6.07, 6.45) is 12.5. The summed E-state index contributed by atoms with van der Waals surface area (Å²) >= 11 is 0. The van der Waals surface area contributed by atoms with E-state index in [-0.39, 0.29) is 94.4 Å². The number of rotatable bonds is 12. The van der Waals surface area contributed by atoms with Gasteiger partial charge < -0.3 is 40.1 Å². The Bertz CT molecular complexity index is 1780. The highest BCUT2D eigenvalue weighted by atomic mass is 16.5. The van der Waals surface area contributed by atoms with E-state index in [0.29, 0.717) is 73.3 Å². The summed E-state index contributed by atoms with van der Waals surface area (Å²) in [7, 11) is 0. The zero-order valence-corrected chi connectivity index (χ0v) is 41.2. The molecule has 8 aliphatic rings. The Morgan fingerprint density at radius 1 is 0.591 bits per heavy atom. The van der Waals surface area contributed by atoms with Crippen molar-refractivity contribution in [2.75, 3.05) is 13.2 Å². The predicted octanol–water partition coefficient (Wildman–Crippen LogP) is 8.76. The first-order valence-corrected chi connectivity index (χ1v) is 26.9. The molecule has 66 heavy (non-hydrogen) atoms. The first kappa shape index (κ1) is 48.9. The molecule has 9 rings (SSSR count). The van der Waals surface area contributed by atoms with Crippen LogP contribution in [0.2, 0.25) is 0 Å². The number of hydrogen-bond donors (Lipinski definition) is 6. The normalized spacial score (nSPS) is 48.1. The van der Waals surface area contributed by atoms with Crippen molar-refractivity contribution in [1.82, 2.24) is 0 Å². The molecule has 22 atom stereocenters. The average molecular weight is 919 g/mol. The Labute approximate surface area is 395 Å². The number of esters is 2. The molecular weight excluding hydrogens is 833 g/mol. The van der Waals surface area contributed by atoms with Crippen molar-refractivity contribution in [1.29, 1.82) is 0 Å². The van der Waals surface area contributed by atoms with Crippen LogP contribution in [0.4, 0.5) is 0 Å². The van der Waals surface area contributed by atoms with Crippen LogP contribution in [0.3, 0.4) is 0 Å². The van der Waals surface area contributed by atoms with Crippen molar-refractivity contribution < 1.29 is 49.7 Å². The molecule has 8 saturated carbocycles. The first-order valence-electron chi connectivity index (χ1n) is 26.9. The number of aliphatic hydroxyl groups is 6. The van der Waals surface area contributed by atoms with E-state index in [4.69, 9.17) is 9.47 Å². The quantitative estimate of drug-likeness (QED) is 0.111. The molecule has 10 heteroatoms. The van der Waals surface area contributed by atoms with Crippen molar-refractivity contribution >= 4 is 11.9 Å². The van der Waals surface area contributed by atoms with Gasteiger partial charge >= 0.3 is 11.9 Å². The fourth-order valence-electron chi connectivity index (χ4n) is 18.9. The van der Waals surface area contributed by atoms with Crippen molar-refractivity contribution in [2.45, 2.75) is 194 Å². The van der Waals surface area contributed by atoms with Gasteiger partial charge in [-0.2, -0.15) is 0 Å². The van der Waals surface area contributed by atoms with Gasteiger partial charge in [-0.1, -0.05) is 47.6 Å². The zero-order chi connectivity index (χ0) is 47.1. The highest BCUT2D eigenvalue weighted by Gasteiger charge is 2.68. The number of fused-ring (bicyclic) bond motifs is 10. The van der Waals surface area contributed by atoms with Crippen molar-refractivity contribution in [3.8, 4) is 0 Å². The van der Waals surface area contributed by atoms with E-state index in [2.05, 4.69) is 41.5 Å². The molecule has 10 nitrogen and oxygen atoms in total. The number of carbonyl (C=O) groups excluding carboxylic acids is 2. The van der Waals surface area contributed by atoms with Gasteiger partial charge in [0.15, 0.2) is 0 Å². The van der Waals surface area contributed by atoms with Gasteiger partial charge in [0.1, 0.15) is 12.2 Å². The second kappa shape index (κ2) is 18.6. The third kappa shape index (κ3) is 7.96. The first-order chi connectivity index (χ1) is 31.4. The molecule has 0 unspecified atom stereocenters. The smallest absolute Gasteiger partial charge is 0.338 e. The Morgan fingerprint density at radius 3 is 1.39 bits per heavy atom. The van der Waals surface area contributed by atoms with Crippen LogP contribution in [0.15, 0.2) is 24.3 Å². The summed E-state index contributed by atoms with van der Waals surface area (Å²) in [5.74, 6) is 2.26. The minimum atomic E-state index is -0.458. The molecule has 1 aromatic rings. The lowest BCUT2D eigenvalue weighted by molar-refractivity contribution is -0.207. The highest BCUT2D eigenvalue weighted by Crippen LogP contribution is 2.70. The molecule has 0 heterocycles. The largest absolute Gasteiger partial charge is 0.459 e. The van der Waals surface area contributed by atoms with E-state index in [0.717, 1.165) is 77.0 Å². The molecule has 6 N–H and O–H groups in total. The topological polar surface area (TPSA) is 174 Å². The van der Waals surface area contributed by atoms with E-state index in [1.807, 2.05) is 0 Å². The third-order valence-electron chi connectivity index (χ3n) is 22.5. The lowest BCUT2D eigenvalue weighted by Crippen LogP contribution is -2.62. The lowest BCUT2D eigenvalue weighted by Gasteiger charge is -2.63. The van der Waals surface area contributed by atoms with Crippen molar-refractivity contribution in [3.05, 3.63) is 35.4 Å². The van der Waals surface area contributed by atoms with Crippen LogP contribution in [0, 0.1) is 92.7 Å².